The Morgan fingerprint density at radius 2 is 2.18 bits per heavy atom. The molecule has 0 amide bonds. The molecule has 17 heavy (non-hydrogen) atoms. The number of aryl methyl sites for hydroxylation is 1. The molecule has 2 heterocycles. The molecule has 1 aliphatic heterocycles. The Balaban J connectivity index is 1.64. The lowest BCUT2D eigenvalue weighted by molar-refractivity contribution is 0.326. The minimum absolute atomic E-state index is 0.507. The van der Waals surface area contributed by atoms with Crippen LogP contribution in [0.15, 0.2) is 12.1 Å². The average Bonchev–Trinajstić information content (AvgIpc) is 3.05. The number of anilines is 2. The van der Waals surface area contributed by atoms with Gasteiger partial charge in [0.15, 0.2) is 0 Å². The number of nitrogen functional groups attached to an aromatic ring is 1. The second-order valence-corrected chi connectivity index (χ2v) is 5.25. The van der Waals surface area contributed by atoms with Gasteiger partial charge in [-0.05, 0) is 38.3 Å². The second kappa shape index (κ2) is 4.18. The second-order valence-electron chi connectivity index (χ2n) is 5.25. The number of pyridine rings is 1. The molecular formula is C13H20N4. The third-order valence-corrected chi connectivity index (χ3v) is 3.69. The standard InChI is InChI=1S/C13H20N4/c1-9-2-5-12(14)13(15-9)16-10-6-7-17(8-10)11-3-4-11/h2,5,10-11H,3-4,6-8,14H2,1H3,(H,15,16). The number of aromatic nitrogens is 1. The maximum atomic E-state index is 5.94. The van der Waals surface area contributed by atoms with Gasteiger partial charge in [-0.15, -0.1) is 0 Å². The Bertz CT molecular complexity index is 414. The SMILES string of the molecule is Cc1ccc(N)c(NC2CCN(C3CC3)C2)n1. The van der Waals surface area contributed by atoms with E-state index >= 15 is 0 Å². The molecule has 3 N–H and O–H groups in total. The maximum absolute atomic E-state index is 5.94. The van der Waals surface area contributed by atoms with Crippen LogP contribution < -0.4 is 11.1 Å². The third-order valence-electron chi connectivity index (χ3n) is 3.69. The molecule has 92 valence electrons. The molecule has 0 aromatic carbocycles. The summed E-state index contributed by atoms with van der Waals surface area (Å²) in [6.45, 7) is 4.35. The fraction of sp³-hybridized carbons (Fsp3) is 0.615. The summed E-state index contributed by atoms with van der Waals surface area (Å²) in [6.07, 6.45) is 3.97. The number of rotatable bonds is 3. The lowest BCUT2D eigenvalue weighted by Crippen LogP contribution is -2.28. The molecule has 1 saturated heterocycles. The number of nitrogens with zero attached hydrogens (tertiary/aromatic N) is 2. The zero-order valence-electron chi connectivity index (χ0n) is 10.3. The fourth-order valence-electron chi connectivity index (χ4n) is 2.55. The van der Waals surface area contributed by atoms with E-state index in [4.69, 9.17) is 5.73 Å². The molecule has 1 unspecified atom stereocenters. The molecule has 1 aliphatic carbocycles. The van der Waals surface area contributed by atoms with Crippen molar-refractivity contribution in [3.63, 3.8) is 0 Å². The number of hydrogen-bond acceptors (Lipinski definition) is 4. The number of nitrogens with one attached hydrogen (secondary N) is 1. The van der Waals surface area contributed by atoms with Crippen molar-refractivity contribution in [1.29, 1.82) is 0 Å². The minimum Gasteiger partial charge on any atom is -0.396 e. The lowest BCUT2D eigenvalue weighted by Gasteiger charge is -2.17. The van der Waals surface area contributed by atoms with Crippen LogP contribution in [0.3, 0.4) is 0 Å². The van der Waals surface area contributed by atoms with Crippen molar-refractivity contribution in [3.8, 4) is 0 Å². The van der Waals surface area contributed by atoms with Gasteiger partial charge in [-0.2, -0.15) is 0 Å². The predicted molar refractivity (Wildman–Crippen MR) is 70.0 cm³/mol. The normalized spacial score (nSPS) is 25.1. The van der Waals surface area contributed by atoms with E-state index in [-0.39, 0.29) is 0 Å². The maximum Gasteiger partial charge on any atom is 0.149 e. The largest absolute Gasteiger partial charge is 0.396 e. The smallest absolute Gasteiger partial charge is 0.149 e. The third kappa shape index (κ3) is 2.36. The number of nitrogens with two attached hydrogens (primary N) is 1. The topological polar surface area (TPSA) is 54.2 Å². The molecule has 4 nitrogen and oxygen atoms in total. The Morgan fingerprint density at radius 1 is 1.35 bits per heavy atom. The van der Waals surface area contributed by atoms with E-state index in [1.54, 1.807) is 0 Å². The highest BCUT2D eigenvalue weighted by Crippen LogP contribution is 2.30. The quantitative estimate of drug-likeness (QED) is 0.831. The molecule has 2 aliphatic rings. The summed E-state index contributed by atoms with van der Waals surface area (Å²) in [6, 6.07) is 5.25. The van der Waals surface area contributed by atoms with Crippen molar-refractivity contribution in [3.05, 3.63) is 17.8 Å². The fourth-order valence-corrected chi connectivity index (χ4v) is 2.55. The van der Waals surface area contributed by atoms with Crippen molar-refractivity contribution < 1.29 is 0 Å². The summed E-state index contributed by atoms with van der Waals surface area (Å²) in [5, 5.41) is 3.48. The van der Waals surface area contributed by atoms with Crippen molar-refractivity contribution in [2.45, 2.75) is 38.3 Å². The van der Waals surface area contributed by atoms with Crippen molar-refractivity contribution >= 4 is 11.5 Å². The first-order valence-electron chi connectivity index (χ1n) is 6.46. The molecule has 4 heteroatoms. The van der Waals surface area contributed by atoms with Crippen molar-refractivity contribution in [1.82, 2.24) is 9.88 Å². The lowest BCUT2D eigenvalue weighted by atomic mass is 10.2. The van der Waals surface area contributed by atoms with Crippen molar-refractivity contribution in [2.24, 2.45) is 0 Å². The van der Waals surface area contributed by atoms with Gasteiger partial charge in [-0.1, -0.05) is 0 Å². The Labute approximate surface area is 102 Å². The first-order valence-corrected chi connectivity index (χ1v) is 6.46. The number of likely N-dealkylation sites (tertiary alicyclic amines) is 1. The van der Waals surface area contributed by atoms with Gasteiger partial charge in [0.2, 0.25) is 0 Å². The van der Waals surface area contributed by atoms with Gasteiger partial charge < -0.3 is 11.1 Å². The van der Waals surface area contributed by atoms with Gasteiger partial charge >= 0.3 is 0 Å². The Hall–Kier alpha value is -1.29. The number of hydrogen-bond donors (Lipinski definition) is 2. The zero-order chi connectivity index (χ0) is 11.8. The Kier molecular flexibility index (Phi) is 2.67. The zero-order valence-corrected chi connectivity index (χ0v) is 10.3. The van der Waals surface area contributed by atoms with Gasteiger partial charge in [-0.25, -0.2) is 4.98 Å². The van der Waals surface area contributed by atoms with E-state index in [2.05, 4.69) is 15.2 Å². The van der Waals surface area contributed by atoms with Crippen LogP contribution in [-0.2, 0) is 0 Å². The van der Waals surface area contributed by atoms with E-state index < -0.39 is 0 Å². The summed E-state index contributed by atoms with van der Waals surface area (Å²) < 4.78 is 0. The highest BCUT2D eigenvalue weighted by molar-refractivity contribution is 5.61. The summed E-state index contributed by atoms with van der Waals surface area (Å²) in [5.41, 5.74) is 7.70. The van der Waals surface area contributed by atoms with Gasteiger partial charge in [0, 0.05) is 30.9 Å². The van der Waals surface area contributed by atoms with E-state index in [1.165, 1.54) is 25.8 Å². The summed E-state index contributed by atoms with van der Waals surface area (Å²) >= 11 is 0. The molecule has 0 bridgehead atoms. The first kappa shape index (κ1) is 10.8. The van der Waals surface area contributed by atoms with Gasteiger partial charge in [0.05, 0.1) is 5.69 Å². The van der Waals surface area contributed by atoms with E-state index in [0.717, 1.165) is 29.8 Å². The van der Waals surface area contributed by atoms with E-state index in [9.17, 15) is 0 Å². The summed E-state index contributed by atoms with van der Waals surface area (Å²) in [4.78, 5) is 7.05. The van der Waals surface area contributed by atoms with Crippen LogP contribution in [0.25, 0.3) is 0 Å². The summed E-state index contributed by atoms with van der Waals surface area (Å²) in [7, 11) is 0. The van der Waals surface area contributed by atoms with Gasteiger partial charge in [-0.3, -0.25) is 4.90 Å². The molecule has 1 atom stereocenters. The highest BCUT2D eigenvalue weighted by Gasteiger charge is 2.34. The van der Waals surface area contributed by atoms with Crippen LogP contribution in [0.1, 0.15) is 25.0 Å². The van der Waals surface area contributed by atoms with Crippen LogP contribution in [0, 0.1) is 6.92 Å². The van der Waals surface area contributed by atoms with Crippen LogP contribution in [0.5, 0.6) is 0 Å². The highest BCUT2D eigenvalue weighted by atomic mass is 15.2. The van der Waals surface area contributed by atoms with Crippen LogP contribution in [0.4, 0.5) is 11.5 Å². The Morgan fingerprint density at radius 3 is 2.94 bits per heavy atom. The molecule has 0 radical (unpaired) electrons. The first-order chi connectivity index (χ1) is 8.22. The van der Waals surface area contributed by atoms with E-state index in [1.807, 2.05) is 19.1 Å². The summed E-state index contributed by atoms with van der Waals surface area (Å²) in [5.74, 6) is 0.854. The predicted octanol–water partition coefficient (Wildman–Crippen LogP) is 1.62. The van der Waals surface area contributed by atoms with E-state index in [0.29, 0.717) is 6.04 Å². The molecular weight excluding hydrogens is 212 g/mol. The average molecular weight is 232 g/mol. The molecule has 1 saturated carbocycles. The monoisotopic (exact) mass is 232 g/mol. The molecule has 0 spiro atoms. The van der Waals surface area contributed by atoms with Crippen LogP contribution in [0.2, 0.25) is 0 Å². The molecule has 1 aromatic heterocycles. The van der Waals surface area contributed by atoms with Gasteiger partial charge in [0.1, 0.15) is 5.82 Å². The van der Waals surface area contributed by atoms with Crippen LogP contribution in [-0.4, -0.2) is 35.1 Å². The van der Waals surface area contributed by atoms with Gasteiger partial charge in [0.25, 0.3) is 0 Å². The van der Waals surface area contributed by atoms with Crippen LogP contribution >= 0.6 is 0 Å². The molecule has 3 rings (SSSR count). The van der Waals surface area contributed by atoms with Crippen molar-refractivity contribution in [2.75, 3.05) is 24.1 Å². The molecule has 1 aromatic rings. The molecule has 2 fully saturated rings. The minimum atomic E-state index is 0.507.